The van der Waals surface area contributed by atoms with E-state index in [4.69, 9.17) is 20.9 Å². The average Bonchev–Trinajstić information content (AvgIpc) is 3.13. The van der Waals surface area contributed by atoms with E-state index >= 15 is 0 Å². The lowest BCUT2D eigenvalue weighted by Crippen LogP contribution is -2.30. The fourth-order valence-corrected chi connectivity index (χ4v) is 5.43. The molecule has 0 atom stereocenters. The largest absolute Gasteiger partial charge is 0.485 e. The molecule has 0 saturated heterocycles. The molecule has 1 amide bonds. The van der Waals surface area contributed by atoms with Gasteiger partial charge in [0, 0.05) is 18.7 Å². The lowest BCUT2D eigenvalue weighted by molar-refractivity contribution is 0.0730. The van der Waals surface area contributed by atoms with Crippen LogP contribution >= 0.6 is 0 Å². The van der Waals surface area contributed by atoms with Gasteiger partial charge in [-0.05, 0) is 62.9 Å². The third kappa shape index (κ3) is 8.59. The van der Waals surface area contributed by atoms with Crippen molar-refractivity contribution in [3.8, 4) is 11.5 Å². The molecule has 7 heteroatoms. The first-order chi connectivity index (χ1) is 23.5. The van der Waals surface area contributed by atoms with Crippen LogP contribution in [0.1, 0.15) is 38.2 Å². The molecule has 240 valence electrons. The first-order valence-electron chi connectivity index (χ1n) is 15.9. The smallest absolute Gasteiger partial charge is 0.254 e. The molecule has 6 rings (SSSR count). The monoisotopic (exact) mass is 634 g/mol. The van der Waals surface area contributed by atoms with Crippen LogP contribution in [0.25, 0.3) is 10.8 Å². The van der Waals surface area contributed by atoms with Gasteiger partial charge in [-0.25, -0.2) is 4.99 Å². The van der Waals surface area contributed by atoms with Crippen molar-refractivity contribution >= 4 is 22.6 Å². The van der Waals surface area contributed by atoms with Gasteiger partial charge in [0.05, 0.1) is 6.54 Å². The molecule has 0 aromatic heterocycles. The summed E-state index contributed by atoms with van der Waals surface area (Å²) in [6.45, 7) is 1.96. The van der Waals surface area contributed by atoms with Crippen LogP contribution in [0.15, 0.2) is 151 Å². The standard InChI is InChI=1S/C41H38N4O3/c42-41(43)44-25-30-15-17-31(18-16-30)26-45(40(46)37-21-20-35-13-7-8-14-36(35)24-37)27-34-19-22-38(47-28-32-9-3-1-4-10-32)39(23-34)48-29-33-11-5-2-6-12-33/h1-24H,25-29H2,(H4,42,43,44). The number of hydrogen-bond donors (Lipinski definition) is 2. The Morgan fingerprint density at radius 1 is 0.542 bits per heavy atom. The third-order valence-corrected chi connectivity index (χ3v) is 7.98. The highest BCUT2D eigenvalue weighted by Gasteiger charge is 2.19. The number of amides is 1. The molecule has 0 saturated carbocycles. The average molecular weight is 635 g/mol. The van der Waals surface area contributed by atoms with Crippen molar-refractivity contribution in [3.05, 3.63) is 179 Å². The minimum absolute atomic E-state index is 0.0508. The van der Waals surface area contributed by atoms with E-state index in [0.717, 1.165) is 38.6 Å². The summed E-state index contributed by atoms with van der Waals surface area (Å²) < 4.78 is 12.6. The maximum absolute atomic E-state index is 14.2. The Morgan fingerprint density at radius 2 is 1.10 bits per heavy atom. The minimum Gasteiger partial charge on any atom is -0.485 e. The molecule has 7 nitrogen and oxygen atoms in total. The topological polar surface area (TPSA) is 103 Å². The summed E-state index contributed by atoms with van der Waals surface area (Å²) in [5.41, 5.74) is 16.6. The maximum Gasteiger partial charge on any atom is 0.254 e. The number of hydrogen-bond acceptors (Lipinski definition) is 4. The zero-order chi connectivity index (χ0) is 33.1. The Balaban J connectivity index is 1.28. The number of benzene rings is 6. The van der Waals surface area contributed by atoms with E-state index in [9.17, 15) is 4.79 Å². The molecule has 0 aliphatic heterocycles. The zero-order valence-corrected chi connectivity index (χ0v) is 26.7. The molecule has 4 N–H and O–H groups in total. The number of guanidine groups is 1. The molecule has 0 bridgehead atoms. The predicted octanol–water partition coefficient (Wildman–Crippen LogP) is 7.61. The molecule has 0 unspecified atom stereocenters. The molecule has 6 aromatic rings. The number of carbonyl (C=O) groups excluding carboxylic acids is 1. The van der Waals surface area contributed by atoms with E-state index in [0.29, 0.717) is 49.9 Å². The SMILES string of the molecule is NC(N)=NCc1ccc(CN(Cc2ccc(OCc3ccccc3)c(OCc3ccccc3)c2)C(=O)c2ccc3ccccc3c2)cc1. The Bertz CT molecular complexity index is 1990. The third-order valence-electron chi connectivity index (χ3n) is 7.98. The molecule has 0 aliphatic carbocycles. The summed E-state index contributed by atoms with van der Waals surface area (Å²) in [4.78, 5) is 20.1. The second-order valence-electron chi connectivity index (χ2n) is 11.6. The Morgan fingerprint density at radius 3 is 1.77 bits per heavy atom. The zero-order valence-electron chi connectivity index (χ0n) is 26.7. The highest BCUT2D eigenvalue weighted by Crippen LogP contribution is 2.31. The van der Waals surface area contributed by atoms with Crippen molar-refractivity contribution in [2.24, 2.45) is 16.5 Å². The molecular formula is C41H38N4O3. The molecular weight excluding hydrogens is 596 g/mol. The van der Waals surface area contributed by atoms with Gasteiger partial charge < -0.3 is 25.8 Å². The maximum atomic E-state index is 14.2. The molecule has 0 heterocycles. The van der Waals surface area contributed by atoms with Gasteiger partial charge in [-0.2, -0.15) is 0 Å². The number of ether oxygens (including phenoxy) is 2. The van der Waals surface area contributed by atoms with Crippen molar-refractivity contribution in [1.82, 2.24) is 4.90 Å². The van der Waals surface area contributed by atoms with Crippen molar-refractivity contribution in [1.29, 1.82) is 0 Å². The number of aliphatic imine (C=N–C) groups is 1. The van der Waals surface area contributed by atoms with Crippen LogP contribution in [-0.4, -0.2) is 16.8 Å². The minimum atomic E-state index is -0.0681. The quantitative estimate of drug-likeness (QED) is 0.101. The van der Waals surface area contributed by atoms with Gasteiger partial charge >= 0.3 is 0 Å². The molecule has 6 aromatic carbocycles. The van der Waals surface area contributed by atoms with E-state index in [1.165, 1.54) is 0 Å². The van der Waals surface area contributed by atoms with Gasteiger partial charge in [-0.1, -0.05) is 121 Å². The van der Waals surface area contributed by atoms with E-state index in [1.807, 2.05) is 150 Å². The van der Waals surface area contributed by atoms with E-state index in [-0.39, 0.29) is 11.9 Å². The Kier molecular flexibility index (Phi) is 10.3. The summed E-state index contributed by atoms with van der Waals surface area (Å²) in [6.07, 6.45) is 0. The normalized spacial score (nSPS) is 10.8. The van der Waals surface area contributed by atoms with Crippen LogP contribution < -0.4 is 20.9 Å². The van der Waals surface area contributed by atoms with Crippen LogP contribution in [0.3, 0.4) is 0 Å². The van der Waals surface area contributed by atoms with Crippen LogP contribution in [0.2, 0.25) is 0 Å². The van der Waals surface area contributed by atoms with Crippen LogP contribution in [0.5, 0.6) is 11.5 Å². The summed E-state index contributed by atoms with van der Waals surface area (Å²) in [7, 11) is 0. The van der Waals surface area contributed by atoms with E-state index in [2.05, 4.69) is 4.99 Å². The van der Waals surface area contributed by atoms with Gasteiger partial charge in [0.15, 0.2) is 17.5 Å². The number of fused-ring (bicyclic) bond motifs is 1. The summed E-state index contributed by atoms with van der Waals surface area (Å²) in [6, 6.07) is 47.8. The number of rotatable bonds is 13. The lowest BCUT2D eigenvalue weighted by Gasteiger charge is -2.24. The molecule has 0 spiro atoms. The number of nitrogens with two attached hydrogens (primary N) is 2. The van der Waals surface area contributed by atoms with Gasteiger partial charge in [0.25, 0.3) is 5.91 Å². The van der Waals surface area contributed by atoms with Crippen molar-refractivity contribution in [2.75, 3.05) is 0 Å². The molecule has 0 fully saturated rings. The van der Waals surface area contributed by atoms with Crippen molar-refractivity contribution in [2.45, 2.75) is 32.8 Å². The fourth-order valence-electron chi connectivity index (χ4n) is 5.43. The molecule has 0 aliphatic rings. The lowest BCUT2D eigenvalue weighted by atomic mass is 10.0. The first kappa shape index (κ1) is 31.9. The van der Waals surface area contributed by atoms with Crippen molar-refractivity contribution < 1.29 is 14.3 Å². The second-order valence-corrected chi connectivity index (χ2v) is 11.6. The van der Waals surface area contributed by atoms with E-state index < -0.39 is 0 Å². The van der Waals surface area contributed by atoms with Crippen LogP contribution in [-0.2, 0) is 32.8 Å². The summed E-state index contributed by atoms with van der Waals surface area (Å²) in [5.74, 6) is 1.24. The van der Waals surface area contributed by atoms with E-state index in [1.54, 1.807) is 0 Å². The summed E-state index contributed by atoms with van der Waals surface area (Å²) >= 11 is 0. The predicted molar refractivity (Wildman–Crippen MR) is 191 cm³/mol. The Labute approximate surface area is 281 Å². The van der Waals surface area contributed by atoms with Gasteiger partial charge in [-0.15, -0.1) is 0 Å². The van der Waals surface area contributed by atoms with Crippen LogP contribution in [0, 0.1) is 0 Å². The highest BCUT2D eigenvalue weighted by atomic mass is 16.5. The van der Waals surface area contributed by atoms with Gasteiger partial charge in [-0.3, -0.25) is 4.79 Å². The number of nitrogens with zero attached hydrogens (tertiary/aromatic N) is 2. The fraction of sp³-hybridized carbons (Fsp3) is 0.122. The van der Waals surface area contributed by atoms with Crippen molar-refractivity contribution in [3.63, 3.8) is 0 Å². The van der Waals surface area contributed by atoms with Gasteiger partial charge in [0.1, 0.15) is 13.2 Å². The Hall–Kier alpha value is -6.08. The highest BCUT2D eigenvalue weighted by molar-refractivity contribution is 5.98. The second kappa shape index (κ2) is 15.5. The summed E-state index contributed by atoms with van der Waals surface area (Å²) in [5, 5.41) is 2.10. The molecule has 0 radical (unpaired) electrons. The molecule has 48 heavy (non-hydrogen) atoms. The van der Waals surface area contributed by atoms with Crippen LogP contribution in [0.4, 0.5) is 0 Å². The number of carbonyl (C=O) groups is 1. The van der Waals surface area contributed by atoms with Gasteiger partial charge in [0.2, 0.25) is 0 Å². The first-order valence-corrected chi connectivity index (χ1v) is 15.9.